The molecule has 0 saturated heterocycles. The number of pyridine rings is 1. The van der Waals surface area contributed by atoms with Crippen LogP contribution in [0.2, 0.25) is 5.02 Å². The van der Waals surface area contributed by atoms with Gasteiger partial charge in [0.15, 0.2) is 5.13 Å². The van der Waals surface area contributed by atoms with E-state index in [4.69, 9.17) is 11.6 Å². The number of halogens is 1. The highest BCUT2D eigenvalue weighted by Gasteiger charge is 2.15. The van der Waals surface area contributed by atoms with Crippen molar-refractivity contribution in [3.8, 4) is 0 Å². The molecule has 2 heterocycles. The average Bonchev–Trinajstić information content (AvgIpc) is 2.96. The summed E-state index contributed by atoms with van der Waals surface area (Å²) in [7, 11) is 0. The van der Waals surface area contributed by atoms with E-state index in [0.29, 0.717) is 21.1 Å². The van der Waals surface area contributed by atoms with Gasteiger partial charge in [0.05, 0.1) is 10.2 Å². The lowest BCUT2D eigenvalue weighted by Crippen LogP contribution is -2.21. The number of carbonyl (C=O) groups excluding carboxylic acids is 1. The van der Waals surface area contributed by atoms with Crippen molar-refractivity contribution in [1.29, 1.82) is 0 Å². The number of hydrogen-bond donors (Lipinski definition) is 2. The molecule has 24 heavy (non-hydrogen) atoms. The maximum Gasteiger partial charge on any atom is 0.262 e. The van der Waals surface area contributed by atoms with E-state index in [1.165, 1.54) is 17.5 Å². The zero-order valence-electron chi connectivity index (χ0n) is 12.2. The SMILES string of the molecule is O=C(Nc1nc2ccc(Cl)cc2s1)c1c[nH]c2ccccc2c1=O. The second-order valence-corrected chi connectivity index (χ2v) is 6.63. The Balaban J connectivity index is 1.70. The van der Waals surface area contributed by atoms with Crippen molar-refractivity contribution in [2.24, 2.45) is 0 Å². The van der Waals surface area contributed by atoms with Crippen molar-refractivity contribution in [3.63, 3.8) is 0 Å². The molecule has 0 saturated carbocycles. The van der Waals surface area contributed by atoms with Crippen molar-refractivity contribution in [2.75, 3.05) is 5.32 Å². The molecule has 0 fully saturated rings. The van der Waals surface area contributed by atoms with Gasteiger partial charge in [-0.3, -0.25) is 14.9 Å². The number of fused-ring (bicyclic) bond motifs is 2. The molecule has 118 valence electrons. The molecule has 1 amide bonds. The van der Waals surface area contributed by atoms with E-state index in [1.807, 2.05) is 6.07 Å². The molecule has 0 aliphatic rings. The average molecular weight is 356 g/mol. The summed E-state index contributed by atoms with van der Waals surface area (Å²) in [6.45, 7) is 0. The fourth-order valence-corrected chi connectivity index (χ4v) is 3.59. The number of H-pyrrole nitrogens is 1. The van der Waals surface area contributed by atoms with Gasteiger partial charge in [-0.1, -0.05) is 35.1 Å². The molecular weight excluding hydrogens is 346 g/mol. The van der Waals surface area contributed by atoms with Crippen LogP contribution in [0.1, 0.15) is 10.4 Å². The topological polar surface area (TPSA) is 74.8 Å². The lowest BCUT2D eigenvalue weighted by Gasteiger charge is -2.03. The summed E-state index contributed by atoms with van der Waals surface area (Å²) in [5.74, 6) is -0.493. The number of benzene rings is 2. The van der Waals surface area contributed by atoms with E-state index in [2.05, 4.69) is 15.3 Å². The molecule has 0 spiro atoms. The number of rotatable bonds is 2. The number of anilines is 1. The molecule has 0 bridgehead atoms. The summed E-state index contributed by atoms with van der Waals surface area (Å²) in [6, 6.07) is 12.4. The Labute approximate surface area is 144 Å². The molecule has 0 unspecified atom stereocenters. The lowest BCUT2D eigenvalue weighted by molar-refractivity contribution is 0.102. The number of para-hydroxylation sites is 1. The quantitative estimate of drug-likeness (QED) is 0.569. The van der Waals surface area contributed by atoms with Crippen LogP contribution in [0.3, 0.4) is 0 Å². The van der Waals surface area contributed by atoms with E-state index in [0.717, 1.165) is 10.2 Å². The molecule has 0 aliphatic carbocycles. The summed E-state index contributed by atoms with van der Waals surface area (Å²) >= 11 is 7.26. The number of hydrogen-bond acceptors (Lipinski definition) is 4. The largest absolute Gasteiger partial charge is 0.360 e. The molecule has 2 aromatic heterocycles. The Bertz CT molecular complexity index is 1150. The first-order chi connectivity index (χ1) is 11.6. The molecule has 2 aromatic carbocycles. The Hall–Kier alpha value is -2.70. The Morgan fingerprint density at radius 3 is 2.92 bits per heavy atom. The number of aromatic amines is 1. The van der Waals surface area contributed by atoms with E-state index in [1.54, 1.807) is 36.4 Å². The second kappa shape index (κ2) is 5.74. The third-order valence-electron chi connectivity index (χ3n) is 3.60. The van der Waals surface area contributed by atoms with Gasteiger partial charge in [0.25, 0.3) is 5.91 Å². The van der Waals surface area contributed by atoms with Crippen molar-refractivity contribution in [1.82, 2.24) is 9.97 Å². The molecule has 4 aromatic rings. The fraction of sp³-hybridized carbons (Fsp3) is 0. The Morgan fingerprint density at radius 1 is 1.21 bits per heavy atom. The van der Waals surface area contributed by atoms with Crippen LogP contribution in [-0.2, 0) is 0 Å². The van der Waals surface area contributed by atoms with Crippen LogP contribution in [0.25, 0.3) is 21.1 Å². The van der Waals surface area contributed by atoms with Crippen LogP contribution in [0.4, 0.5) is 5.13 Å². The van der Waals surface area contributed by atoms with Crippen molar-refractivity contribution in [2.45, 2.75) is 0 Å². The van der Waals surface area contributed by atoms with Gasteiger partial charge >= 0.3 is 0 Å². The van der Waals surface area contributed by atoms with Crippen molar-refractivity contribution >= 4 is 55.1 Å². The number of thiazole rings is 1. The summed E-state index contributed by atoms with van der Waals surface area (Å²) in [6.07, 6.45) is 1.42. The summed E-state index contributed by atoms with van der Waals surface area (Å²) in [5, 5.41) is 4.18. The minimum Gasteiger partial charge on any atom is -0.360 e. The zero-order chi connectivity index (χ0) is 16.7. The number of amides is 1. The van der Waals surface area contributed by atoms with Crippen LogP contribution in [0.5, 0.6) is 0 Å². The molecule has 2 N–H and O–H groups in total. The summed E-state index contributed by atoms with van der Waals surface area (Å²) < 4.78 is 0.866. The maximum atomic E-state index is 12.5. The van der Waals surface area contributed by atoms with Crippen LogP contribution in [0, 0.1) is 0 Å². The fourth-order valence-electron chi connectivity index (χ4n) is 2.45. The number of nitrogens with one attached hydrogen (secondary N) is 2. The molecule has 4 rings (SSSR count). The molecule has 0 radical (unpaired) electrons. The normalized spacial score (nSPS) is 11.0. The predicted octanol–water partition coefficient (Wildman–Crippen LogP) is 4.04. The summed E-state index contributed by atoms with van der Waals surface area (Å²) in [5.41, 5.74) is 1.16. The van der Waals surface area contributed by atoms with Gasteiger partial charge in [-0.15, -0.1) is 0 Å². The smallest absolute Gasteiger partial charge is 0.262 e. The monoisotopic (exact) mass is 355 g/mol. The molecule has 7 heteroatoms. The second-order valence-electron chi connectivity index (χ2n) is 5.16. The Morgan fingerprint density at radius 2 is 2.04 bits per heavy atom. The highest BCUT2D eigenvalue weighted by atomic mass is 35.5. The van der Waals surface area contributed by atoms with Crippen molar-refractivity contribution in [3.05, 3.63) is 69.5 Å². The van der Waals surface area contributed by atoms with Gasteiger partial charge in [-0.25, -0.2) is 4.98 Å². The molecule has 0 atom stereocenters. The molecule has 5 nitrogen and oxygen atoms in total. The third kappa shape index (κ3) is 2.55. The minimum absolute atomic E-state index is 0.0472. The van der Waals surface area contributed by atoms with Crippen LogP contribution in [0.15, 0.2) is 53.5 Å². The first-order valence-electron chi connectivity index (χ1n) is 7.10. The number of nitrogens with zero attached hydrogens (tertiary/aromatic N) is 1. The van der Waals surface area contributed by atoms with E-state index >= 15 is 0 Å². The predicted molar refractivity (Wildman–Crippen MR) is 97.2 cm³/mol. The van der Waals surface area contributed by atoms with Gasteiger partial charge in [0.1, 0.15) is 5.56 Å². The van der Waals surface area contributed by atoms with Crippen LogP contribution in [-0.4, -0.2) is 15.9 Å². The summed E-state index contributed by atoms with van der Waals surface area (Å²) in [4.78, 5) is 32.2. The van der Waals surface area contributed by atoms with Gasteiger partial charge in [0, 0.05) is 22.1 Å². The highest BCUT2D eigenvalue weighted by molar-refractivity contribution is 7.22. The van der Waals surface area contributed by atoms with E-state index < -0.39 is 5.91 Å². The molecular formula is C17H10ClN3O2S. The number of carbonyl (C=O) groups is 1. The van der Waals surface area contributed by atoms with E-state index in [-0.39, 0.29) is 11.0 Å². The standard InChI is InChI=1S/C17H10ClN3O2S/c18-9-5-6-13-14(7-9)24-17(20-13)21-16(23)11-8-19-12-4-2-1-3-10(12)15(11)22/h1-8H,(H,19,22)(H,20,21,23). The van der Waals surface area contributed by atoms with Crippen LogP contribution >= 0.6 is 22.9 Å². The minimum atomic E-state index is -0.493. The maximum absolute atomic E-state index is 12.5. The highest BCUT2D eigenvalue weighted by Crippen LogP contribution is 2.28. The lowest BCUT2D eigenvalue weighted by atomic mass is 10.1. The Kier molecular flexibility index (Phi) is 3.55. The van der Waals surface area contributed by atoms with E-state index in [9.17, 15) is 9.59 Å². The van der Waals surface area contributed by atoms with Gasteiger partial charge < -0.3 is 4.98 Å². The van der Waals surface area contributed by atoms with Gasteiger partial charge in [-0.05, 0) is 30.3 Å². The number of aromatic nitrogens is 2. The zero-order valence-corrected chi connectivity index (χ0v) is 13.7. The van der Waals surface area contributed by atoms with Gasteiger partial charge in [-0.2, -0.15) is 0 Å². The first-order valence-corrected chi connectivity index (χ1v) is 8.29. The van der Waals surface area contributed by atoms with Gasteiger partial charge in [0.2, 0.25) is 5.43 Å². The first kappa shape index (κ1) is 14.9. The molecule has 0 aliphatic heterocycles. The van der Waals surface area contributed by atoms with Crippen LogP contribution < -0.4 is 10.7 Å². The van der Waals surface area contributed by atoms with Crippen molar-refractivity contribution < 1.29 is 4.79 Å². The third-order valence-corrected chi connectivity index (χ3v) is 4.77.